The average Bonchev–Trinajstić information content (AvgIpc) is 2.51. The van der Waals surface area contributed by atoms with E-state index in [1.807, 2.05) is 17.5 Å². The third kappa shape index (κ3) is 2.32. The number of carboxylic acid groups (broad SMARTS) is 1. The molecule has 0 bridgehead atoms. The Hall–Kier alpha value is -0.870. The van der Waals surface area contributed by atoms with Crippen LogP contribution in [-0.4, -0.2) is 24.2 Å². The normalized spacial score (nSPS) is 12.8. The minimum absolute atomic E-state index is 0.469. The van der Waals surface area contributed by atoms with Crippen LogP contribution in [0.2, 0.25) is 0 Å². The van der Waals surface area contributed by atoms with Crippen LogP contribution in [0, 0.1) is 0 Å². The fraction of sp³-hybridized carbons (Fsp3) is 0.375. The van der Waals surface area contributed by atoms with Crippen LogP contribution in [0.5, 0.6) is 0 Å². The Bertz CT molecular complexity index is 246. The average molecular weight is 185 g/mol. The number of aliphatic carboxylic acids is 1. The van der Waals surface area contributed by atoms with Gasteiger partial charge < -0.3 is 10.4 Å². The number of rotatable bonds is 4. The van der Waals surface area contributed by atoms with Crippen LogP contribution in [0.25, 0.3) is 0 Å². The molecule has 1 aromatic rings. The van der Waals surface area contributed by atoms with Crippen LogP contribution in [0.3, 0.4) is 0 Å². The van der Waals surface area contributed by atoms with E-state index in [1.54, 1.807) is 18.4 Å². The second kappa shape index (κ2) is 4.23. The number of hydrogen-bond donors (Lipinski definition) is 2. The van der Waals surface area contributed by atoms with Crippen LogP contribution < -0.4 is 5.32 Å². The topological polar surface area (TPSA) is 49.3 Å². The summed E-state index contributed by atoms with van der Waals surface area (Å²) in [5, 5.41) is 13.4. The lowest BCUT2D eigenvalue weighted by Crippen LogP contribution is -2.35. The molecule has 66 valence electrons. The van der Waals surface area contributed by atoms with Gasteiger partial charge in [-0.1, -0.05) is 6.07 Å². The van der Waals surface area contributed by atoms with Gasteiger partial charge in [0, 0.05) is 11.3 Å². The van der Waals surface area contributed by atoms with Crippen molar-refractivity contribution < 1.29 is 9.90 Å². The molecule has 0 saturated carbocycles. The van der Waals surface area contributed by atoms with E-state index >= 15 is 0 Å². The molecule has 12 heavy (non-hydrogen) atoms. The summed E-state index contributed by atoms with van der Waals surface area (Å²) in [6.45, 7) is 0. The molecule has 1 heterocycles. The highest BCUT2D eigenvalue weighted by Gasteiger charge is 2.15. The van der Waals surface area contributed by atoms with Crippen LogP contribution >= 0.6 is 11.3 Å². The molecule has 0 aliphatic heterocycles. The zero-order valence-electron chi connectivity index (χ0n) is 6.78. The van der Waals surface area contributed by atoms with Crippen molar-refractivity contribution in [1.82, 2.24) is 5.32 Å². The number of likely N-dealkylation sites (N-methyl/N-ethyl adjacent to an activating group) is 1. The van der Waals surface area contributed by atoms with Crippen molar-refractivity contribution >= 4 is 17.3 Å². The Labute approximate surface area is 75.0 Å². The highest BCUT2D eigenvalue weighted by atomic mass is 32.1. The first-order chi connectivity index (χ1) is 5.74. The van der Waals surface area contributed by atoms with E-state index in [2.05, 4.69) is 5.32 Å². The maximum atomic E-state index is 10.6. The van der Waals surface area contributed by atoms with Crippen molar-refractivity contribution in [2.24, 2.45) is 0 Å². The summed E-state index contributed by atoms with van der Waals surface area (Å²) in [5.41, 5.74) is 0. The van der Waals surface area contributed by atoms with Crippen molar-refractivity contribution in [1.29, 1.82) is 0 Å². The number of hydrogen-bond acceptors (Lipinski definition) is 3. The van der Waals surface area contributed by atoms with Crippen molar-refractivity contribution in [3.05, 3.63) is 22.4 Å². The van der Waals surface area contributed by atoms with Crippen LogP contribution in [-0.2, 0) is 11.2 Å². The summed E-state index contributed by atoms with van der Waals surface area (Å²) in [6, 6.07) is 3.40. The molecule has 1 atom stereocenters. The molecule has 0 fully saturated rings. The Morgan fingerprint density at radius 3 is 3.00 bits per heavy atom. The lowest BCUT2D eigenvalue weighted by atomic mass is 10.2. The second-order valence-electron chi connectivity index (χ2n) is 2.46. The van der Waals surface area contributed by atoms with Crippen LogP contribution in [0.4, 0.5) is 0 Å². The molecule has 1 aromatic heterocycles. The van der Waals surface area contributed by atoms with Gasteiger partial charge >= 0.3 is 5.97 Å². The molecule has 4 heteroatoms. The molecule has 0 spiro atoms. The van der Waals surface area contributed by atoms with Gasteiger partial charge in [-0.15, -0.1) is 11.3 Å². The van der Waals surface area contributed by atoms with Gasteiger partial charge in [0.25, 0.3) is 0 Å². The number of carboxylic acids is 1. The van der Waals surface area contributed by atoms with Gasteiger partial charge in [-0.05, 0) is 18.5 Å². The summed E-state index contributed by atoms with van der Waals surface area (Å²) in [5.74, 6) is -0.800. The monoisotopic (exact) mass is 185 g/mol. The maximum Gasteiger partial charge on any atom is 0.321 e. The Balaban J connectivity index is 2.54. The predicted molar refractivity (Wildman–Crippen MR) is 48.5 cm³/mol. The molecule has 0 aliphatic carbocycles. The molecular formula is C8H11NO2S. The van der Waals surface area contributed by atoms with Gasteiger partial charge in [-0.3, -0.25) is 4.79 Å². The summed E-state index contributed by atoms with van der Waals surface area (Å²) in [7, 11) is 1.66. The Morgan fingerprint density at radius 1 is 1.83 bits per heavy atom. The largest absolute Gasteiger partial charge is 0.480 e. The van der Waals surface area contributed by atoms with Gasteiger partial charge in [-0.25, -0.2) is 0 Å². The fourth-order valence-corrected chi connectivity index (χ4v) is 1.69. The van der Waals surface area contributed by atoms with Crippen LogP contribution in [0.15, 0.2) is 17.5 Å². The van der Waals surface area contributed by atoms with E-state index in [4.69, 9.17) is 5.11 Å². The van der Waals surface area contributed by atoms with Crippen molar-refractivity contribution in [3.8, 4) is 0 Å². The molecule has 0 amide bonds. The highest BCUT2D eigenvalue weighted by molar-refractivity contribution is 7.09. The van der Waals surface area contributed by atoms with Gasteiger partial charge in [-0.2, -0.15) is 0 Å². The molecule has 0 aliphatic rings. The molecule has 1 unspecified atom stereocenters. The zero-order chi connectivity index (χ0) is 8.97. The third-order valence-electron chi connectivity index (χ3n) is 1.63. The SMILES string of the molecule is CNC(Cc1cccs1)C(=O)O. The van der Waals surface area contributed by atoms with E-state index in [-0.39, 0.29) is 0 Å². The summed E-state index contributed by atoms with van der Waals surface area (Å²) >= 11 is 1.58. The van der Waals surface area contributed by atoms with Crippen molar-refractivity contribution in [2.45, 2.75) is 12.5 Å². The Morgan fingerprint density at radius 2 is 2.58 bits per heavy atom. The van der Waals surface area contributed by atoms with E-state index in [0.717, 1.165) is 4.88 Å². The fourth-order valence-electron chi connectivity index (χ4n) is 0.943. The molecule has 1 rings (SSSR count). The summed E-state index contributed by atoms with van der Waals surface area (Å²) < 4.78 is 0. The summed E-state index contributed by atoms with van der Waals surface area (Å²) in [4.78, 5) is 11.7. The maximum absolute atomic E-state index is 10.6. The van der Waals surface area contributed by atoms with Gasteiger partial charge in [0.1, 0.15) is 6.04 Å². The smallest absolute Gasteiger partial charge is 0.321 e. The van der Waals surface area contributed by atoms with E-state index < -0.39 is 12.0 Å². The molecule has 0 saturated heterocycles. The molecule has 3 nitrogen and oxygen atoms in total. The second-order valence-corrected chi connectivity index (χ2v) is 3.50. The first kappa shape index (κ1) is 9.22. The lowest BCUT2D eigenvalue weighted by Gasteiger charge is -2.08. The Kier molecular flexibility index (Phi) is 3.25. The lowest BCUT2D eigenvalue weighted by molar-refractivity contribution is -0.139. The van der Waals surface area contributed by atoms with Gasteiger partial charge in [0.15, 0.2) is 0 Å². The molecule has 0 radical (unpaired) electrons. The quantitative estimate of drug-likeness (QED) is 0.734. The highest BCUT2D eigenvalue weighted by Crippen LogP contribution is 2.10. The number of nitrogens with one attached hydrogen (secondary N) is 1. The van der Waals surface area contributed by atoms with Crippen LogP contribution in [0.1, 0.15) is 4.88 Å². The molecular weight excluding hydrogens is 174 g/mol. The first-order valence-corrected chi connectivity index (χ1v) is 4.54. The molecule has 0 aromatic carbocycles. The molecule has 2 N–H and O–H groups in total. The zero-order valence-corrected chi connectivity index (χ0v) is 7.60. The van der Waals surface area contributed by atoms with Crippen molar-refractivity contribution in [3.63, 3.8) is 0 Å². The van der Waals surface area contributed by atoms with E-state index in [0.29, 0.717) is 6.42 Å². The predicted octanol–water partition coefficient (Wildman–Crippen LogP) is 0.963. The van der Waals surface area contributed by atoms with E-state index in [9.17, 15) is 4.79 Å². The van der Waals surface area contributed by atoms with Gasteiger partial charge in [0.2, 0.25) is 0 Å². The minimum atomic E-state index is -0.800. The first-order valence-electron chi connectivity index (χ1n) is 3.66. The van der Waals surface area contributed by atoms with Crippen molar-refractivity contribution in [2.75, 3.05) is 7.05 Å². The minimum Gasteiger partial charge on any atom is -0.480 e. The number of thiophene rings is 1. The number of carbonyl (C=O) groups is 1. The van der Waals surface area contributed by atoms with Gasteiger partial charge in [0.05, 0.1) is 0 Å². The third-order valence-corrected chi connectivity index (χ3v) is 2.53. The van der Waals surface area contributed by atoms with E-state index in [1.165, 1.54) is 0 Å². The standard InChI is InChI=1S/C8H11NO2S/c1-9-7(8(10)11)5-6-3-2-4-12-6/h2-4,7,9H,5H2,1H3,(H,10,11). The summed E-state index contributed by atoms with van der Waals surface area (Å²) in [6.07, 6.45) is 0.559.